The van der Waals surface area contributed by atoms with Crippen LogP contribution < -0.4 is 4.74 Å². The van der Waals surface area contributed by atoms with Crippen LogP contribution in [-0.2, 0) is 10.2 Å². The van der Waals surface area contributed by atoms with Crippen molar-refractivity contribution in [2.24, 2.45) is 0 Å². The van der Waals surface area contributed by atoms with Crippen molar-refractivity contribution in [3.63, 3.8) is 0 Å². The number of carboxylic acids is 1. The second-order valence-electron chi connectivity index (χ2n) is 5.17. The quantitative estimate of drug-likeness (QED) is 0.821. The van der Waals surface area contributed by atoms with Crippen molar-refractivity contribution in [3.8, 4) is 5.75 Å². The Morgan fingerprint density at radius 3 is 2.85 bits per heavy atom. The maximum absolute atomic E-state index is 11.8. The van der Waals surface area contributed by atoms with Gasteiger partial charge in [-0.15, -0.1) is 6.58 Å². The maximum Gasteiger partial charge on any atom is 0.314 e. The van der Waals surface area contributed by atoms with Gasteiger partial charge in [0.25, 0.3) is 0 Å². The minimum atomic E-state index is -1.07. The van der Waals surface area contributed by atoms with Gasteiger partial charge in [-0.3, -0.25) is 4.79 Å². The Hall–Kier alpha value is -2.23. The van der Waals surface area contributed by atoms with Crippen molar-refractivity contribution in [3.05, 3.63) is 42.1 Å². The standard InChI is InChI=1S/C16H19NO3/c1-5-7-16(3,15(18)19)13-11-6-8-17-14(11)10(2)9-12(13)20-4/h5-6,8-9,17H,1,7H2,2-4H3,(H,18,19). The fraction of sp³-hybridized carbons (Fsp3) is 0.312. The fourth-order valence-corrected chi connectivity index (χ4v) is 2.69. The number of rotatable bonds is 5. The third-order valence-electron chi connectivity index (χ3n) is 3.80. The van der Waals surface area contributed by atoms with E-state index in [1.165, 1.54) is 0 Å². The lowest BCUT2D eigenvalue weighted by Gasteiger charge is -2.27. The van der Waals surface area contributed by atoms with Gasteiger partial charge in [0.2, 0.25) is 0 Å². The molecule has 0 aliphatic heterocycles. The number of nitrogens with one attached hydrogen (secondary N) is 1. The molecule has 2 aromatic rings. The number of fused-ring (bicyclic) bond motifs is 1. The van der Waals surface area contributed by atoms with Crippen molar-refractivity contribution in [2.75, 3.05) is 7.11 Å². The summed E-state index contributed by atoms with van der Waals surface area (Å²) in [5.41, 5.74) is 1.59. The highest BCUT2D eigenvalue weighted by Crippen LogP contribution is 2.41. The Morgan fingerprint density at radius 2 is 2.30 bits per heavy atom. The molecule has 0 aliphatic carbocycles. The highest BCUT2D eigenvalue weighted by molar-refractivity contribution is 5.95. The van der Waals surface area contributed by atoms with Crippen LogP contribution in [0.15, 0.2) is 31.0 Å². The lowest BCUT2D eigenvalue weighted by atomic mass is 9.77. The predicted octanol–water partition coefficient (Wildman–Crippen LogP) is 3.40. The smallest absolute Gasteiger partial charge is 0.314 e. The zero-order chi connectivity index (χ0) is 14.9. The van der Waals surface area contributed by atoms with Gasteiger partial charge in [-0.2, -0.15) is 0 Å². The lowest BCUT2D eigenvalue weighted by molar-refractivity contribution is -0.143. The van der Waals surface area contributed by atoms with Crippen LogP contribution in [0.1, 0.15) is 24.5 Å². The predicted molar refractivity (Wildman–Crippen MR) is 79.4 cm³/mol. The molecule has 0 spiro atoms. The van der Waals surface area contributed by atoms with E-state index in [0.717, 1.165) is 16.5 Å². The van der Waals surface area contributed by atoms with Crippen molar-refractivity contribution in [1.29, 1.82) is 0 Å². The third kappa shape index (κ3) is 1.97. The number of aryl methyl sites for hydroxylation is 1. The van der Waals surface area contributed by atoms with Crippen molar-refractivity contribution >= 4 is 16.9 Å². The van der Waals surface area contributed by atoms with E-state index in [1.54, 1.807) is 20.1 Å². The average molecular weight is 273 g/mol. The normalized spacial score (nSPS) is 13.9. The van der Waals surface area contributed by atoms with Gasteiger partial charge in [0, 0.05) is 22.7 Å². The molecule has 1 unspecified atom stereocenters. The molecule has 106 valence electrons. The van der Waals surface area contributed by atoms with Crippen molar-refractivity contribution in [2.45, 2.75) is 25.7 Å². The number of ether oxygens (including phenoxy) is 1. The summed E-state index contributed by atoms with van der Waals surface area (Å²) < 4.78 is 5.43. The highest BCUT2D eigenvalue weighted by atomic mass is 16.5. The first-order chi connectivity index (χ1) is 9.45. The number of aliphatic carboxylic acids is 1. The molecule has 20 heavy (non-hydrogen) atoms. The number of benzene rings is 1. The average Bonchev–Trinajstić information content (AvgIpc) is 2.87. The number of aromatic nitrogens is 1. The number of aromatic amines is 1. The molecule has 1 heterocycles. The summed E-state index contributed by atoms with van der Waals surface area (Å²) in [7, 11) is 1.56. The molecule has 1 aromatic carbocycles. The van der Waals surface area contributed by atoms with Crippen LogP contribution in [0.5, 0.6) is 5.75 Å². The molecule has 0 bridgehead atoms. The van der Waals surface area contributed by atoms with Gasteiger partial charge in [-0.25, -0.2) is 0 Å². The lowest BCUT2D eigenvalue weighted by Crippen LogP contribution is -2.32. The van der Waals surface area contributed by atoms with E-state index in [1.807, 2.05) is 25.3 Å². The molecular weight excluding hydrogens is 254 g/mol. The molecule has 2 rings (SSSR count). The van der Waals surface area contributed by atoms with Crippen LogP contribution in [-0.4, -0.2) is 23.2 Å². The molecule has 0 aliphatic rings. The summed E-state index contributed by atoms with van der Waals surface area (Å²) in [6.45, 7) is 7.36. The van der Waals surface area contributed by atoms with E-state index in [-0.39, 0.29) is 0 Å². The Morgan fingerprint density at radius 1 is 1.60 bits per heavy atom. The molecule has 0 saturated heterocycles. The van der Waals surface area contributed by atoms with Crippen LogP contribution in [0.3, 0.4) is 0 Å². The van der Waals surface area contributed by atoms with E-state index in [4.69, 9.17) is 4.74 Å². The monoisotopic (exact) mass is 273 g/mol. The van der Waals surface area contributed by atoms with Crippen LogP contribution in [0.4, 0.5) is 0 Å². The maximum atomic E-state index is 11.8. The van der Waals surface area contributed by atoms with E-state index < -0.39 is 11.4 Å². The number of carboxylic acid groups (broad SMARTS) is 1. The first kappa shape index (κ1) is 14.2. The highest BCUT2D eigenvalue weighted by Gasteiger charge is 2.38. The topological polar surface area (TPSA) is 62.3 Å². The minimum absolute atomic E-state index is 0.335. The van der Waals surface area contributed by atoms with Crippen molar-refractivity contribution in [1.82, 2.24) is 4.98 Å². The van der Waals surface area contributed by atoms with E-state index >= 15 is 0 Å². The number of allylic oxidation sites excluding steroid dienone is 1. The summed E-state index contributed by atoms with van der Waals surface area (Å²) in [6, 6.07) is 3.77. The Balaban J connectivity index is 2.86. The molecule has 0 amide bonds. The van der Waals surface area contributed by atoms with Gasteiger partial charge in [0.1, 0.15) is 5.75 Å². The van der Waals surface area contributed by atoms with Crippen molar-refractivity contribution < 1.29 is 14.6 Å². The summed E-state index contributed by atoms with van der Waals surface area (Å²) in [5, 5.41) is 10.6. The van der Waals surface area contributed by atoms with Gasteiger partial charge >= 0.3 is 5.97 Å². The number of carbonyl (C=O) groups is 1. The Bertz CT molecular complexity index is 672. The SMILES string of the molecule is C=CCC(C)(C(=O)O)c1c(OC)cc(C)c2[nH]ccc12. The van der Waals surface area contributed by atoms with Gasteiger partial charge in [-0.05, 0) is 38.0 Å². The summed E-state index contributed by atoms with van der Waals surface area (Å²) >= 11 is 0. The molecule has 0 saturated carbocycles. The van der Waals surface area contributed by atoms with Crippen LogP contribution in [0, 0.1) is 6.92 Å². The molecule has 2 N–H and O–H groups in total. The summed E-state index contributed by atoms with van der Waals surface area (Å²) in [5.74, 6) is -0.289. The number of methoxy groups -OCH3 is 1. The Kier molecular flexibility index (Phi) is 3.57. The Labute approximate surface area is 118 Å². The van der Waals surface area contributed by atoms with Crippen LogP contribution >= 0.6 is 0 Å². The van der Waals surface area contributed by atoms with Crippen LogP contribution in [0.25, 0.3) is 10.9 Å². The van der Waals surface area contributed by atoms with E-state index in [2.05, 4.69) is 11.6 Å². The molecule has 0 fully saturated rings. The summed E-state index contributed by atoms with van der Waals surface area (Å²) in [6.07, 6.45) is 3.78. The second kappa shape index (κ2) is 5.04. The van der Waals surface area contributed by atoms with Crippen LogP contribution in [0.2, 0.25) is 0 Å². The first-order valence-corrected chi connectivity index (χ1v) is 6.45. The zero-order valence-corrected chi connectivity index (χ0v) is 12.0. The first-order valence-electron chi connectivity index (χ1n) is 6.45. The molecule has 0 radical (unpaired) electrons. The molecular formula is C16H19NO3. The molecule has 4 heteroatoms. The zero-order valence-electron chi connectivity index (χ0n) is 12.0. The van der Waals surface area contributed by atoms with E-state index in [0.29, 0.717) is 17.7 Å². The van der Waals surface area contributed by atoms with Gasteiger partial charge in [-0.1, -0.05) is 6.08 Å². The third-order valence-corrected chi connectivity index (χ3v) is 3.80. The van der Waals surface area contributed by atoms with Gasteiger partial charge in [0.15, 0.2) is 0 Å². The number of hydrogen-bond donors (Lipinski definition) is 2. The molecule has 1 aromatic heterocycles. The number of hydrogen-bond acceptors (Lipinski definition) is 2. The largest absolute Gasteiger partial charge is 0.496 e. The molecule has 1 atom stereocenters. The number of H-pyrrole nitrogens is 1. The van der Waals surface area contributed by atoms with Gasteiger partial charge in [0.05, 0.1) is 12.5 Å². The second-order valence-corrected chi connectivity index (χ2v) is 5.17. The molecule has 4 nitrogen and oxygen atoms in total. The van der Waals surface area contributed by atoms with Gasteiger partial charge < -0.3 is 14.8 Å². The fourth-order valence-electron chi connectivity index (χ4n) is 2.69. The summed E-state index contributed by atoms with van der Waals surface area (Å²) in [4.78, 5) is 15.0. The van der Waals surface area contributed by atoms with E-state index in [9.17, 15) is 9.90 Å². The minimum Gasteiger partial charge on any atom is -0.496 e.